The zero-order chi connectivity index (χ0) is 18.6. The molecular formula is C21H22N4O2. The molecule has 1 unspecified atom stereocenters. The predicted molar refractivity (Wildman–Crippen MR) is 103 cm³/mol. The molecule has 1 atom stereocenters. The molecule has 27 heavy (non-hydrogen) atoms. The lowest BCUT2D eigenvalue weighted by Gasteiger charge is -2.33. The highest BCUT2D eigenvalue weighted by Crippen LogP contribution is 2.31. The van der Waals surface area contributed by atoms with E-state index in [1.807, 2.05) is 59.5 Å². The second-order valence-corrected chi connectivity index (χ2v) is 6.84. The molecule has 0 radical (unpaired) electrons. The van der Waals surface area contributed by atoms with Gasteiger partial charge in [-0.15, -0.1) is 0 Å². The Hall–Kier alpha value is -3.15. The molecule has 1 saturated heterocycles. The molecule has 0 spiro atoms. The van der Waals surface area contributed by atoms with E-state index in [0.29, 0.717) is 30.4 Å². The zero-order valence-corrected chi connectivity index (χ0v) is 15.0. The van der Waals surface area contributed by atoms with Crippen LogP contribution in [0.3, 0.4) is 0 Å². The number of hydrogen-bond donors (Lipinski definition) is 1. The summed E-state index contributed by atoms with van der Waals surface area (Å²) in [4.78, 5) is 19.4. The normalized spacial score (nSPS) is 17.0. The topological polar surface area (TPSA) is 85.3 Å². The lowest BCUT2D eigenvalue weighted by Crippen LogP contribution is -2.39. The van der Waals surface area contributed by atoms with Crippen molar-refractivity contribution in [3.05, 3.63) is 66.1 Å². The van der Waals surface area contributed by atoms with Crippen molar-refractivity contribution < 1.29 is 9.32 Å². The molecule has 2 N–H and O–H groups in total. The quantitative estimate of drug-likeness (QED) is 0.717. The largest absolute Gasteiger partial charge is 0.399 e. The molecule has 2 heterocycles. The Morgan fingerprint density at radius 1 is 1.11 bits per heavy atom. The van der Waals surface area contributed by atoms with Gasteiger partial charge in [0.2, 0.25) is 17.6 Å². The smallest absolute Gasteiger partial charge is 0.249 e. The molecule has 1 aliphatic heterocycles. The van der Waals surface area contributed by atoms with Crippen LogP contribution in [0.15, 0.2) is 59.1 Å². The summed E-state index contributed by atoms with van der Waals surface area (Å²) in [5.74, 6) is 1.14. The van der Waals surface area contributed by atoms with Crippen LogP contribution >= 0.6 is 0 Å². The molecule has 1 amide bonds. The van der Waals surface area contributed by atoms with Gasteiger partial charge in [0.1, 0.15) is 6.04 Å². The molecule has 1 fully saturated rings. The monoisotopic (exact) mass is 362 g/mol. The van der Waals surface area contributed by atoms with Crippen LogP contribution < -0.4 is 5.73 Å². The van der Waals surface area contributed by atoms with E-state index in [1.54, 1.807) is 0 Å². The van der Waals surface area contributed by atoms with Gasteiger partial charge in [0.15, 0.2) is 0 Å². The van der Waals surface area contributed by atoms with Crippen LogP contribution in [0.4, 0.5) is 5.69 Å². The van der Waals surface area contributed by atoms with Gasteiger partial charge in [-0.3, -0.25) is 4.79 Å². The van der Waals surface area contributed by atoms with Crippen LogP contribution in [-0.4, -0.2) is 27.5 Å². The van der Waals surface area contributed by atoms with Crippen LogP contribution in [0.2, 0.25) is 0 Å². The lowest BCUT2D eigenvalue weighted by atomic mass is 10.0. The molecule has 1 aliphatic rings. The van der Waals surface area contributed by atoms with Crippen molar-refractivity contribution in [2.45, 2.75) is 31.7 Å². The van der Waals surface area contributed by atoms with Gasteiger partial charge in [-0.1, -0.05) is 47.6 Å². The predicted octanol–water partition coefficient (Wildman–Crippen LogP) is 3.62. The summed E-state index contributed by atoms with van der Waals surface area (Å²) in [5.41, 5.74) is 8.28. The van der Waals surface area contributed by atoms with Crippen molar-refractivity contribution in [2.75, 3.05) is 12.3 Å². The summed E-state index contributed by atoms with van der Waals surface area (Å²) in [6, 6.07) is 17.0. The maximum atomic E-state index is 12.9. The van der Waals surface area contributed by atoms with Gasteiger partial charge in [0.05, 0.1) is 6.42 Å². The van der Waals surface area contributed by atoms with Gasteiger partial charge in [0.25, 0.3) is 0 Å². The Morgan fingerprint density at radius 3 is 2.67 bits per heavy atom. The van der Waals surface area contributed by atoms with Gasteiger partial charge in [0, 0.05) is 17.8 Å². The van der Waals surface area contributed by atoms with Crippen molar-refractivity contribution in [2.24, 2.45) is 0 Å². The zero-order valence-electron chi connectivity index (χ0n) is 15.0. The highest BCUT2D eigenvalue weighted by Gasteiger charge is 2.32. The molecule has 6 nitrogen and oxygen atoms in total. The molecule has 4 rings (SSSR count). The molecular weight excluding hydrogens is 340 g/mol. The summed E-state index contributed by atoms with van der Waals surface area (Å²) in [6.07, 6.45) is 3.21. The van der Waals surface area contributed by atoms with E-state index < -0.39 is 0 Å². The number of amides is 1. The molecule has 138 valence electrons. The summed E-state index contributed by atoms with van der Waals surface area (Å²) < 4.78 is 5.53. The van der Waals surface area contributed by atoms with Crippen molar-refractivity contribution in [3.63, 3.8) is 0 Å². The number of hydrogen-bond acceptors (Lipinski definition) is 5. The number of nitrogens with two attached hydrogens (primary N) is 1. The summed E-state index contributed by atoms with van der Waals surface area (Å²) in [6.45, 7) is 0.710. The van der Waals surface area contributed by atoms with Crippen LogP contribution in [-0.2, 0) is 11.2 Å². The summed E-state index contributed by atoms with van der Waals surface area (Å²) >= 11 is 0. The maximum absolute atomic E-state index is 12.9. The number of carbonyl (C=O) groups is 1. The maximum Gasteiger partial charge on any atom is 0.249 e. The van der Waals surface area contributed by atoms with Crippen LogP contribution in [0, 0.1) is 0 Å². The van der Waals surface area contributed by atoms with Gasteiger partial charge in [-0.2, -0.15) is 4.98 Å². The van der Waals surface area contributed by atoms with E-state index >= 15 is 0 Å². The fourth-order valence-corrected chi connectivity index (χ4v) is 3.47. The molecule has 3 aromatic rings. The third kappa shape index (κ3) is 3.84. The molecule has 2 aromatic carbocycles. The molecule has 6 heteroatoms. The molecule has 0 aliphatic carbocycles. The Balaban J connectivity index is 1.53. The fourth-order valence-electron chi connectivity index (χ4n) is 3.47. The average Bonchev–Trinajstić information content (AvgIpc) is 3.20. The van der Waals surface area contributed by atoms with Gasteiger partial charge >= 0.3 is 0 Å². The van der Waals surface area contributed by atoms with Crippen LogP contribution in [0.5, 0.6) is 0 Å². The number of nitrogen functional groups attached to an aromatic ring is 1. The SMILES string of the molecule is Nc1ccc(CC(=O)N2CCCCC2c2nc(-c3ccccc3)no2)cc1. The van der Waals surface area contributed by atoms with E-state index in [9.17, 15) is 4.79 Å². The van der Waals surface area contributed by atoms with E-state index in [0.717, 1.165) is 30.4 Å². The van der Waals surface area contributed by atoms with Crippen LogP contribution in [0.25, 0.3) is 11.4 Å². The third-order valence-electron chi connectivity index (χ3n) is 4.92. The van der Waals surface area contributed by atoms with Gasteiger partial charge in [-0.25, -0.2) is 0 Å². The van der Waals surface area contributed by atoms with Gasteiger partial charge < -0.3 is 15.2 Å². The van der Waals surface area contributed by atoms with Gasteiger partial charge in [-0.05, 0) is 37.0 Å². The Kier molecular flexibility index (Phi) is 4.87. The number of likely N-dealkylation sites (tertiary alicyclic amines) is 1. The average molecular weight is 362 g/mol. The number of anilines is 1. The second-order valence-electron chi connectivity index (χ2n) is 6.84. The molecule has 0 saturated carbocycles. The first-order valence-corrected chi connectivity index (χ1v) is 9.23. The van der Waals surface area contributed by atoms with E-state index in [-0.39, 0.29) is 11.9 Å². The van der Waals surface area contributed by atoms with Crippen LogP contribution in [0.1, 0.15) is 36.8 Å². The number of aromatic nitrogens is 2. The fraction of sp³-hybridized carbons (Fsp3) is 0.286. The number of rotatable bonds is 4. The standard InChI is InChI=1S/C21H22N4O2/c22-17-11-9-15(10-12-17)14-19(26)25-13-5-4-8-18(25)21-23-20(24-27-21)16-6-2-1-3-7-16/h1-3,6-7,9-12,18H,4-5,8,13-14,22H2. The van der Waals surface area contributed by atoms with Crippen molar-refractivity contribution >= 4 is 11.6 Å². The first-order valence-electron chi connectivity index (χ1n) is 9.23. The van der Waals surface area contributed by atoms with Crippen molar-refractivity contribution in [3.8, 4) is 11.4 Å². The lowest BCUT2D eigenvalue weighted by molar-refractivity contribution is -0.135. The Morgan fingerprint density at radius 2 is 1.89 bits per heavy atom. The minimum atomic E-state index is -0.162. The number of carbonyl (C=O) groups excluding carboxylic acids is 1. The Labute approximate surface area is 158 Å². The number of benzene rings is 2. The molecule has 1 aromatic heterocycles. The third-order valence-corrected chi connectivity index (χ3v) is 4.92. The van der Waals surface area contributed by atoms with Crippen molar-refractivity contribution in [1.82, 2.24) is 15.0 Å². The van der Waals surface area contributed by atoms with E-state index in [4.69, 9.17) is 10.3 Å². The first kappa shape index (κ1) is 17.3. The molecule has 0 bridgehead atoms. The Bertz CT molecular complexity index is 905. The number of piperidine rings is 1. The van der Waals surface area contributed by atoms with E-state index in [2.05, 4.69) is 10.1 Å². The first-order chi connectivity index (χ1) is 13.2. The highest BCUT2D eigenvalue weighted by atomic mass is 16.5. The highest BCUT2D eigenvalue weighted by molar-refractivity contribution is 5.79. The number of nitrogens with zero attached hydrogens (tertiary/aromatic N) is 3. The van der Waals surface area contributed by atoms with Crippen molar-refractivity contribution in [1.29, 1.82) is 0 Å². The summed E-state index contributed by atoms with van der Waals surface area (Å²) in [7, 11) is 0. The summed E-state index contributed by atoms with van der Waals surface area (Å²) in [5, 5.41) is 4.11. The minimum absolute atomic E-state index is 0.0731. The second kappa shape index (κ2) is 7.61. The van der Waals surface area contributed by atoms with E-state index in [1.165, 1.54) is 0 Å². The minimum Gasteiger partial charge on any atom is -0.399 e.